The Bertz CT molecular complexity index is 647. The van der Waals surface area contributed by atoms with Gasteiger partial charge in [-0.2, -0.15) is 5.26 Å². The van der Waals surface area contributed by atoms with Crippen LogP contribution in [0, 0.1) is 11.3 Å². The SMILES string of the molecule is CCC(NC(=O)/C(C#N)=C\NCCO)c1ccc2c(c1)CCCC2. The fourth-order valence-electron chi connectivity index (χ4n) is 3.01. The number of aliphatic hydroxyl groups excluding tert-OH is 1. The summed E-state index contributed by atoms with van der Waals surface area (Å²) in [5, 5.41) is 23.6. The van der Waals surface area contributed by atoms with Crippen molar-refractivity contribution in [2.45, 2.75) is 45.1 Å². The molecule has 0 fully saturated rings. The van der Waals surface area contributed by atoms with Crippen LogP contribution in [-0.4, -0.2) is 24.2 Å². The van der Waals surface area contributed by atoms with Gasteiger partial charge in [-0.1, -0.05) is 25.1 Å². The molecule has 0 saturated carbocycles. The minimum absolute atomic E-state index is 0.0138. The predicted octanol–water partition coefficient (Wildman–Crippen LogP) is 2.12. The molecular weight excluding hydrogens is 302 g/mol. The number of rotatable bonds is 7. The number of hydrogen-bond acceptors (Lipinski definition) is 4. The van der Waals surface area contributed by atoms with Gasteiger partial charge in [-0.3, -0.25) is 4.79 Å². The molecular formula is C19H25N3O2. The summed E-state index contributed by atoms with van der Waals surface area (Å²) < 4.78 is 0. The van der Waals surface area contributed by atoms with E-state index in [9.17, 15) is 4.79 Å². The Morgan fingerprint density at radius 2 is 2.12 bits per heavy atom. The molecule has 5 heteroatoms. The second kappa shape index (κ2) is 9.09. The lowest BCUT2D eigenvalue weighted by atomic mass is 9.88. The summed E-state index contributed by atoms with van der Waals surface area (Å²) in [4.78, 5) is 12.3. The molecule has 3 N–H and O–H groups in total. The van der Waals surface area contributed by atoms with Crippen molar-refractivity contribution in [1.82, 2.24) is 10.6 Å². The molecule has 0 aromatic heterocycles. The molecule has 0 radical (unpaired) electrons. The van der Waals surface area contributed by atoms with Gasteiger partial charge in [0.1, 0.15) is 11.6 Å². The van der Waals surface area contributed by atoms with Crippen molar-refractivity contribution in [2.75, 3.05) is 13.2 Å². The lowest BCUT2D eigenvalue weighted by Gasteiger charge is -2.21. The zero-order chi connectivity index (χ0) is 17.4. The number of carbonyl (C=O) groups is 1. The number of nitrogens with one attached hydrogen (secondary N) is 2. The molecule has 1 atom stereocenters. The highest BCUT2D eigenvalue weighted by Crippen LogP contribution is 2.26. The molecule has 1 amide bonds. The summed E-state index contributed by atoms with van der Waals surface area (Å²) in [6, 6.07) is 8.23. The van der Waals surface area contributed by atoms with E-state index in [0.717, 1.165) is 24.8 Å². The minimum Gasteiger partial charge on any atom is -0.395 e. The van der Waals surface area contributed by atoms with Gasteiger partial charge in [0.05, 0.1) is 12.6 Å². The number of fused-ring (bicyclic) bond motifs is 1. The first-order valence-electron chi connectivity index (χ1n) is 8.56. The Morgan fingerprint density at radius 3 is 2.79 bits per heavy atom. The van der Waals surface area contributed by atoms with Gasteiger partial charge >= 0.3 is 0 Å². The highest BCUT2D eigenvalue weighted by Gasteiger charge is 2.18. The molecule has 0 bridgehead atoms. The third-order valence-electron chi connectivity index (χ3n) is 4.36. The van der Waals surface area contributed by atoms with Crippen LogP contribution < -0.4 is 10.6 Å². The van der Waals surface area contributed by atoms with Crippen LogP contribution in [0.25, 0.3) is 0 Å². The molecule has 1 aromatic carbocycles. The van der Waals surface area contributed by atoms with E-state index in [0.29, 0.717) is 6.54 Å². The maximum atomic E-state index is 12.3. The first-order chi connectivity index (χ1) is 11.7. The number of nitrogens with zero attached hydrogens (tertiary/aromatic N) is 1. The van der Waals surface area contributed by atoms with Crippen molar-refractivity contribution in [2.24, 2.45) is 0 Å². The van der Waals surface area contributed by atoms with Crippen molar-refractivity contribution < 1.29 is 9.90 Å². The molecule has 1 aromatic rings. The summed E-state index contributed by atoms with van der Waals surface area (Å²) >= 11 is 0. The highest BCUT2D eigenvalue weighted by atomic mass is 16.3. The average Bonchev–Trinajstić information content (AvgIpc) is 2.62. The number of hydrogen-bond donors (Lipinski definition) is 3. The monoisotopic (exact) mass is 327 g/mol. The fraction of sp³-hybridized carbons (Fsp3) is 0.474. The molecule has 0 saturated heterocycles. The standard InChI is InChI=1S/C19H25N3O2/c1-2-18(22-19(24)17(12-20)13-21-9-10-23)16-8-7-14-5-3-4-6-15(14)11-16/h7-8,11,13,18,21,23H,2-6,9-10H2,1H3,(H,22,24)/b17-13-. The summed E-state index contributed by atoms with van der Waals surface area (Å²) in [6.45, 7) is 2.27. The van der Waals surface area contributed by atoms with Crippen molar-refractivity contribution in [3.8, 4) is 6.07 Å². The van der Waals surface area contributed by atoms with E-state index in [1.54, 1.807) is 0 Å². The van der Waals surface area contributed by atoms with Crippen LogP contribution >= 0.6 is 0 Å². The van der Waals surface area contributed by atoms with Crippen molar-refractivity contribution >= 4 is 5.91 Å². The second-order valence-corrected chi connectivity index (χ2v) is 6.02. The minimum atomic E-state index is -0.396. The third kappa shape index (κ3) is 4.59. The fourth-order valence-corrected chi connectivity index (χ4v) is 3.01. The zero-order valence-electron chi connectivity index (χ0n) is 14.1. The molecule has 1 unspecified atom stereocenters. The summed E-state index contributed by atoms with van der Waals surface area (Å²) in [7, 11) is 0. The van der Waals surface area contributed by atoms with E-state index < -0.39 is 5.91 Å². The number of carbonyl (C=O) groups excluding carboxylic acids is 1. The smallest absolute Gasteiger partial charge is 0.263 e. The van der Waals surface area contributed by atoms with Crippen LogP contribution in [0.2, 0.25) is 0 Å². The van der Waals surface area contributed by atoms with E-state index in [1.807, 2.05) is 13.0 Å². The maximum Gasteiger partial charge on any atom is 0.263 e. The molecule has 0 aliphatic heterocycles. The average molecular weight is 327 g/mol. The van der Waals surface area contributed by atoms with Crippen LogP contribution in [0.4, 0.5) is 0 Å². The maximum absolute atomic E-state index is 12.3. The van der Waals surface area contributed by atoms with Crippen molar-refractivity contribution in [3.63, 3.8) is 0 Å². The molecule has 0 spiro atoms. The van der Waals surface area contributed by atoms with Crippen LogP contribution in [0.3, 0.4) is 0 Å². The van der Waals surface area contributed by atoms with Crippen LogP contribution in [0.15, 0.2) is 30.0 Å². The quantitative estimate of drug-likeness (QED) is 0.407. The van der Waals surface area contributed by atoms with Crippen LogP contribution in [-0.2, 0) is 17.6 Å². The lowest BCUT2D eigenvalue weighted by molar-refractivity contribution is -0.117. The lowest BCUT2D eigenvalue weighted by Crippen LogP contribution is -2.30. The number of aliphatic hydroxyl groups is 1. The Labute approximate surface area is 143 Å². The van der Waals surface area contributed by atoms with Gasteiger partial charge in [0.2, 0.25) is 0 Å². The number of aryl methyl sites for hydroxylation is 2. The van der Waals surface area contributed by atoms with E-state index in [2.05, 4.69) is 28.8 Å². The van der Waals surface area contributed by atoms with Gasteiger partial charge in [-0.25, -0.2) is 0 Å². The van der Waals surface area contributed by atoms with Crippen LogP contribution in [0.1, 0.15) is 48.9 Å². The van der Waals surface area contributed by atoms with Crippen molar-refractivity contribution in [1.29, 1.82) is 5.26 Å². The third-order valence-corrected chi connectivity index (χ3v) is 4.36. The molecule has 1 aliphatic carbocycles. The van der Waals surface area contributed by atoms with E-state index in [-0.39, 0.29) is 18.2 Å². The number of amides is 1. The first-order valence-corrected chi connectivity index (χ1v) is 8.56. The van der Waals surface area contributed by atoms with Gasteiger partial charge in [-0.05, 0) is 48.8 Å². The summed E-state index contributed by atoms with van der Waals surface area (Å²) in [5.41, 5.74) is 3.90. The molecule has 128 valence electrons. The van der Waals surface area contributed by atoms with Gasteiger partial charge in [0, 0.05) is 12.7 Å². The second-order valence-electron chi connectivity index (χ2n) is 6.02. The van der Waals surface area contributed by atoms with E-state index in [4.69, 9.17) is 10.4 Å². The predicted molar refractivity (Wildman–Crippen MR) is 93.0 cm³/mol. The molecule has 24 heavy (non-hydrogen) atoms. The van der Waals surface area contributed by atoms with E-state index in [1.165, 1.54) is 30.2 Å². The molecule has 1 aliphatic rings. The first kappa shape index (κ1) is 18.0. The summed E-state index contributed by atoms with van der Waals surface area (Å²) in [6.07, 6.45) is 6.81. The Balaban J connectivity index is 2.09. The Morgan fingerprint density at radius 1 is 1.38 bits per heavy atom. The normalized spacial score (nSPS) is 15.1. The van der Waals surface area contributed by atoms with Gasteiger partial charge < -0.3 is 15.7 Å². The van der Waals surface area contributed by atoms with Gasteiger partial charge in [0.15, 0.2) is 0 Å². The Hall–Kier alpha value is -2.32. The van der Waals surface area contributed by atoms with E-state index >= 15 is 0 Å². The molecule has 0 heterocycles. The topological polar surface area (TPSA) is 85.2 Å². The van der Waals surface area contributed by atoms with Gasteiger partial charge in [-0.15, -0.1) is 0 Å². The largest absolute Gasteiger partial charge is 0.395 e. The molecule has 5 nitrogen and oxygen atoms in total. The number of benzene rings is 1. The Kier molecular flexibility index (Phi) is 6.83. The number of nitriles is 1. The van der Waals surface area contributed by atoms with Gasteiger partial charge in [0.25, 0.3) is 5.91 Å². The molecule has 2 rings (SSSR count). The van der Waals surface area contributed by atoms with Crippen molar-refractivity contribution in [3.05, 3.63) is 46.7 Å². The highest BCUT2D eigenvalue weighted by molar-refractivity contribution is 5.97. The summed E-state index contributed by atoms with van der Waals surface area (Å²) in [5.74, 6) is -0.396. The zero-order valence-corrected chi connectivity index (χ0v) is 14.1. The van der Waals surface area contributed by atoms with Crippen LogP contribution in [0.5, 0.6) is 0 Å².